The lowest BCUT2D eigenvalue weighted by molar-refractivity contribution is -0.154. The van der Waals surface area contributed by atoms with Crippen LogP contribution in [0.3, 0.4) is 0 Å². The summed E-state index contributed by atoms with van der Waals surface area (Å²) in [6, 6.07) is -0.609. The molecule has 33 heavy (non-hydrogen) atoms. The van der Waals surface area contributed by atoms with E-state index in [9.17, 15) is 19.5 Å². The van der Waals surface area contributed by atoms with Gasteiger partial charge in [0, 0.05) is 44.6 Å². The maximum Gasteiger partial charge on any atom is 0.310 e. The van der Waals surface area contributed by atoms with E-state index in [-0.39, 0.29) is 42.2 Å². The summed E-state index contributed by atoms with van der Waals surface area (Å²) in [6.07, 6.45) is 1.99. The summed E-state index contributed by atoms with van der Waals surface area (Å²) >= 11 is 1.66. The third-order valence-electron chi connectivity index (χ3n) is 7.69. The Morgan fingerprint density at radius 1 is 1.27 bits per heavy atom. The lowest BCUT2D eigenvalue weighted by atomic mass is 9.66. The van der Waals surface area contributed by atoms with Crippen LogP contribution in [0.1, 0.15) is 33.1 Å². The number of carbonyl (C=O) groups excluding carboxylic acids is 3. The van der Waals surface area contributed by atoms with Crippen LogP contribution in [0, 0.1) is 17.8 Å². The number of amides is 2. The van der Waals surface area contributed by atoms with Crippen LogP contribution in [0.15, 0.2) is 0 Å². The third-order valence-corrected chi connectivity index (χ3v) is 9.77. The van der Waals surface area contributed by atoms with E-state index in [0.717, 1.165) is 26.1 Å². The molecule has 0 aliphatic carbocycles. The van der Waals surface area contributed by atoms with Gasteiger partial charge in [0.2, 0.25) is 11.8 Å². The van der Waals surface area contributed by atoms with Crippen molar-refractivity contribution in [3.63, 3.8) is 0 Å². The van der Waals surface area contributed by atoms with Gasteiger partial charge in [-0.15, -0.1) is 11.8 Å². The van der Waals surface area contributed by atoms with Crippen LogP contribution in [-0.4, -0.2) is 108 Å². The maximum absolute atomic E-state index is 13.7. The maximum atomic E-state index is 13.7. The summed E-state index contributed by atoms with van der Waals surface area (Å²) in [4.78, 5) is 44.1. The summed E-state index contributed by atoms with van der Waals surface area (Å²) in [7, 11) is 0. The summed E-state index contributed by atoms with van der Waals surface area (Å²) in [6.45, 7) is 9.00. The topological polar surface area (TPSA) is 108 Å². The zero-order valence-corrected chi connectivity index (χ0v) is 20.5. The van der Waals surface area contributed by atoms with Crippen LogP contribution in [0.25, 0.3) is 0 Å². The predicted octanol–water partition coefficient (Wildman–Crippen LogP) is 0.108. The number of aliphatic hydroxyl groups excluding tert-OH is 1. The number of morpholine rings is 1. The highest BCUT2D eigenvalue weighted by atomic mass is 32.2. The minimum absolute atomic E-state index is 0.0104. The lowest BCUT2D eigenvalue weighted by Crippen LogP contribution is -2.57. The van der Waals surface area contributed by atoms with E-state index in [2.05, 4.69) is 17.1 Å². The summed E-state index contributed by atoms with van der Waals surface area (Å²) in [5, 5.41) is 12.3. The molecule has 2 amide bonds. The number of hydrogen-bond donors (Lipinski definition) is 2. The molecule has 0 aromatic carbocycles. The zero-order valence-electron chi connectivity index (χ0n) is 19.7. The summed E-state index contributed by atoms with van der Waals surface area (Å²) < 4.78 is 10.1. The van der Waals surface area contributed by atoms with Crippen LogP contribution in [0.2, 0.25) is 0 Å². The van der Waals surface area contributed by atoms with Crippen LogP contribution in [-0.2, 0) is 23.9 Å². The van der Waals surface area contributed by atoms with E-state index < -0.39 is 22.6 Å². The third kappa shape index (κ3) is 4.39. The molecule has 4 saturated heterocycles. The molecule has 4 rings (SSSR count). The molecule has 2 N–H and O–H groups in total. The van der Waals surface area contributed by atoms with Crippen LogP contribution in [0.5, 0.6) is 0 Å². The van der Waals surface area contributed by atoms with Gasteiger partial charge in [-0.05, 0) is 32.1 Å². The number of nitrogens with one attached hydrogen (secondary N) is 1. The first kappa shape index (κ1) is 24.8. The molecule has 0 radical (unpaired) electrons. The molecule has 10 heteroatoms. The number of fused-ring (bicyclic) bond motifs is 1. The standard InChI is InChI=1S/C23H37N3O6S/c1-3-32-22(30)17-16-14-15(2)23(33-16)18(17)21(29)26(7-4-5-11-27)19(23)20(28)24-6-8-25-9-12-31-13-10-25/h15-19,27H,3-14H2,1-2H3,(H,24,28)/t15?,16-,17+,18-,19?,23?/m0/s1. The summed E-state index contributed by atoms with van der Waals surface area (Å²) in [5.74, 6) is -1.44. The highest BCUT2D eigenvalue weighted by Crippen LogP contribution is 2.68. The second-order valence-corrected chi connectivity index (χ2v) is 11.1. The van der Waals surface area contributed by atoms with Crippen molar-refractivity contribution in [3.05, 3.63) is 0 Å². The average molecular weight is 484 g/mol. The minimum atomic E-state index is -0.610. The van der Waals surface area contributed by atoms with Gasteiger partial charge in [0.1, 0.15) is 6.04 Å². The number of hydrogen-bond acceptors (Lipinski definition) is 8. The van der Waals surface area contributed by atoms with Crippen molar-refractivity contribution in [2.24, 2.45) is 17.8 Å². The second kappa shape index (κ2) is 10.5. The first-order chi connectivity index (χ1) is 16.0. The first-order valence-electron chi connectivity index (χ1n) is 12.3. The molecular formula is C23H37N3O6S. The Morgan fingerprint density at radius 2 is 2.03 bits per heavy atom. The Kier molecular flexibility index (Phi) is 7.87. The van der Waals surface area contributed by atoms with E-state index in [1.165, 1.54) is 0 Å². The van der Waals surface area contributed by atoms with Crippen molar-refractivity contribution in [1.29, 1.82) is 0 Å². The van der Waals surface area contributed by atoms with Gasteiger partial charge in [-0.25, -0.2) is 0 Å². The number of ether oxygens (including phenoxy) is 2. The Balaban J connectivity index is 1.55. The van der Waals surface area contributed by atoms with Crippen molar-refractivity contribution in [2.45, 2.75) is 49.1 Å². The van der Waals surface area contributed by atoms with E-state index in [4.69, 9.17) is 9.47 Å². The second-order valence-electron chi connectivity index (χ2n) is 9.51. The SMILES string of the molecule is CCOC(=O)[C@@H]1[C@@H]2CC(C)C3(S2)C(C(=O)NCCN2CCOCC2)N(CCCCO)C(=O)[C@H]13. The fraction of sp³-hybridized carbons (Fsp3) is 0.870. The minimum Gasteiger partial charge on any atom is -0.466 e. The van der Waals surface area contributed by atoms with Gasteiger partial charge in [-0.1, -0.05) is 6.92 Å². The normalized spacial score (nSPS) is 35.7. The number of unbranched alkanes of at least 4 members (excludes halogenated alkanes) is 1. The van der Waals surface area contributed by atoms with E-state index >= 15 is 0 Å². The van der Waals surface area contributed by atoms with Gasteiger partial charge in [0.15, 0.2) is 0 Å². The molecule has 0 aromatic heterocycles. The van der Waals surface area contributed by atoms with Crippen molar-refractivity contribution >= 4 is 29.5 Å². The van der Waals surface area contributed by atoms with Gasteiger partial charge < -0.3 is 24.8 Å². The molecule has 4 aliphatic heterocycles. The molecule has 0 aromatic rings. The van der Waals surface area contributed by atoms with Gasteiger partial charge in [-0.2, -0.15) is 0 Å². The largest absolute Gasteiger partial charge is 0.466 e. The van der Waals surface area contributed by atoms with Crippen LogP contribution >= 0.6 is 11.8 Å². The molecule has 2 bridgehead atoms. The smallest absolute Gasteiger partial charge is 0.310 e. The molecule has 4 aliphatic rings. The highest BCUT2D eigenvalue weighted by Gasteiger charge is 2.76. The average Bonchev–Trinajstić information content (AvgIpc) is 3.39. The number of carbonyl (C=O) groups is 3. The fourth-order valence-electron chi connectivity index (χ4n) is 6.22. The van der Waals surface area contributed by atoms with Crippen molar-refractivity contribution < 1.29 is 29.0 Å². The van der Waals surface area contributed by atoms with Gasteiger partial charge in [-0.3, -0.25) is 19.3 Å². The van der Waals surface area contributed by atoms with E-state index in [1.807, 2.05) is 0 Å². The number of nitrogens with zero attached hydrogens (tertiary/aromatic N) is 2. The summed E-state index contributed by atoms with van der Waals surface area (Å²) in [5.41, 5.74) is 0. The zero-order chi connectivity index (χ0) is 23.6. The molecule has 186 valence electrons. The first-order valence-corrected chi connectivity index (χ1v) is 13.2. The molecule has 4 heterocycles. The molecule has 3 unspecified atom stereocenters. The highest BCUT2D eigenvalue weighted by molar-refractivity contribution is 8.02. The predicted molar refractivity (Wildman–Crippen MR) is 124 cm³/mol. The Bertz CT molecular complexity index is 748. The molecule has 1 spiro atoms. The molecular weight excluding hydrogens is 446 g/mol. The molecule has 4 fully saturated rings. The number of rotatable bonds is 10. The molecule has 0 saturated carbocycles. The Morgan fingerprint density at radius 3 is 2.73 bits per heavy atom. The number of likely N-dealkylation sites (tertiary alicyclic amines) is 1. The number of aliphatic hydroxyl groups is 1. The monoisotopic (exact) mass is 483 g/mol. The fourth-order valence-corrected chi connectivity index (χ4v) is 8.63. The van der Waals surface area contributed by atoms with Crippen LogP contribution < -0.4 is 5.32 Å². The van der Waals surface area contributed by atoms with Crippen molar-refractivity contribution in [2.75, 3.05) is 59.2 Å². The number of thioether (sulfide) groups is 1. The van der Waals surface area contributed by atoms with Gasteiger partial charge in [0.25, 0.3) is 0 Å². The van der Waals surface area contributed by atoms with Crippen molar-refractivity contribution in [3.8, 4) is 0 Å². The number of esters is 1. The van der Waals surface area contributed by atoms with Gasteiger partial charge in [0.05, 0.1) is 36.4 Å². The molecule has 9 nitrogen and oxygen atoms in total. The lowest BCUT2D eigenvalue weighted by Gasteiger charge is -2.38. The van der Waals surface area contributed by atoms with Crippen molar-refractivity contribution in [1.82, 2.24) is 15.1 Å². The van der Waals surface area contributed by atoms with E-state index in [0.29, 0.717) is 39.1 Å². The van der Waals surface area contributed by atoms with E-state index in [1.54, 1.807) is 23.6 Å². The quantitative estimate of drug-likeness (QED) is 0.333. The Labute approximate surface area is 199 Å². The van der Waals surface area contributed by atoms with Crippen LogP contribution in [0.4, 0.5) is 0 Å². The molecule has 6 atom stereocenters. The Hall–Kier alpha value is -1.36. The van der Waals surface area contributed by atoms with Gasteiger partial charge >= 0.3 is 5.97 Å².